The van der Waals surface area contributed by atoms with Gasteiger partial charge < -0.3 is 0 Å². The molecule has 0 N–H and O–H groups in total. The Balaban J connectivity index is 2.29. The van der Waals surface area contributed by atoms with Gasteiger partial charge in [0.1, 0.15) is 0 Å². The SMILES string of the molecule is CCCC=CP(c1ccccc1)c1ccccc1. The molecule has 2 aromatic carbocycles. The van der Waals surface area contributed by atoms with E-state index in [-0.39, 0.29) is 7.92 Å². The summed E-state index contributed by atoms with van der Waals surface area (Å²) in [5, 5.41) is 2.84. The number of benzene rings is 2. The van der Waals surface area contributed by atoms with Crippen molar-refractivity contribution >= 4 is 18.5 Å². The predicted octanol–water partition coefficient (Wildman–Crippen LogP) is 4.43. The van der Waals surface area contributed by atoms with E-state index in [2.05, 4.69) is 79.5 Å². The van der Waals surface area contributed by atoms with Gasteiger partial charge in [0.15, 0.2) is 0 Å². The average molecular weight is 254 g/mol. The lowest BCUT2D eigenvalue weighted by Crippen LogP contribution is -2.09. The van der Waals surface area contributed by atoms with Crippen molar-refractivity contribution in [3.05, 3.63) is 72.6 Å². The topological polar surface area (TPSA) is 0 Å². The van der Waals surface area contributed by atoms with Gasteiger partial charge in [-0.2, -0.15) is 0 Å². The van der Waals surface area contributed by atoms with E-state index in [1.54, 1.807) is 0 Å². The predicted molar refractivity (Wildman–Crippen MR) is 83.1 cm³/mol. The Hall–Kier alpha value is -1.39. The summed E-state index contributed by atoms with van der Waals surface area (Å²) >= 11 is 0. The Labute approximate surface area is 111 Å². The van der Waals surface area contributed by atoms with Gasteiger partial charge in [0, 0.05) is 0 Å². The number of rotatable bonds is 5. The van der Waals surface area contributed by atoms with Gasteiger partial charge in [-0.05, 0) is 25.0 Å². The van der Waals surface area contributed by atoms with E-state index in [0.717, 1.165) is 0 Å². The van der Waals surface area contributed by atoms with Crippen LogP contribution >= 0.6 is 7.92 Å². The van der Waals surface area contributed by atoms with Crippen molar-refractivity contribution in [2.24, 2.45) is 0 Å². The van der Waals surface area contributed by atoms with Crippen molar-refractivity contribution < 1.29 is 0 Å². The Morgan fingerprint density at radius 1 is 0.833 bits per heavy atom. The summed E-state index contributed by atoms with van der Waals surface area (Å²) in [7, 11) is -0.343. The minimum Gasteiger partial charge on any atom is -0.0834 e. The maximum Gasteiger partial charge on any atom is -0.0157 e. The van der Waals surface area contributed by atoms with Crippen molar-refractivity contribution in [1.29, 1.82) is 0 Å². The molecule has 0 aliphatic rings. The molecule has 0 bridgehead atoms. The molecule has 0 aromatic heterocycles. The molecule has 18 heavy (non-hydrogen) atoms. The highest BCUT2D eigenvalue weighted by atomic mass is 31.1. The summed E-state index contributed by atoms with van der Waals surface area (Å²) in [6.45, 7) is 2.22. The first kappa shape index (κ1) is 13.1. The molecule has 0 atom stereocenters. The summed E-state index contributed by atoms with van der Waals surface area (Å²) in [6.07, 6.45) is 4.70. The molecule has 92 valence electrons. The molecule has 2 aromatic rings. The Morgan fingerprint density at radius 3 is 1.78 bits per heavy atom. The first-order valence-electron chi connectivity index (χ1n) is 6.48. The van der Waals surface area contributed by atoms with Gasteiger partial charge in [0.2, 0.25) is 0 Å². The second-order valence-corrected chi connectivity index (χ2v) is 6.29. The minimum absolute atomic E-state index is 0.343. The van der Waals surface area contributed by atoms with E-state index in [4.69, 9.17) is 0 Å². The van der Waals surface area contributed by atoms with Gasteiger partial charge in [-0.3, -0.25) is 0 Å². The van der Waals surface area contributed by atoms with Crippen LogP contribution in [-0.2, 0) is 0 Å². The van der Waals surface area contributed by atoms with Gasteiger partial charge in [0.05, 0.1) is 0 Å². The smallest absolute Gasteiger partial charge is 0.0157 e. The first-order valence-corrected chi connectivity index (χ1v) is 7.89. The third-order valence-electron chi connectivity index (χ3n) is 2.78. The molecule has 0 fully saturated rings. The largest absolute Gasteiger partial charge is 0.0834 e. The Kier molecular flexibility index (Phi) is 5.17. The van der Waals surface area contributed by atoms with Crippen LogP contribution in [-0.4, -0.2) is 0 Å². The third-order valence-corrected chi connectivity index (χ3v) is 5.00. The van der Waals surface area contributed by atoms with Gasteiger partial charge in [-0.25, -0.2) is 0 Å². The van der Waals surface area contributed by atoms with Crippen molar-refractivity contribution in [2.75, 3.05) is 0 Å². The molecule has 0 amide bonds. The molecule has 0 unspecified atom stereocenters. The maximum atomic E-state index is 2.39. The maximum absolute atomic E-state index is 2.39. The fourth-order valence-electron chi connectivity index (χ4n) is 1.85. The van der Waals surface area contributed by atoms with E-state index in [9.17, 15) is 0 Å². The highest BCUT2D eigenvalue weighted by Gasteiger charge is 2.08. The van der Waals surface area contributed by atoms with Gasteiger partial charge in [0.25, 0.3) is 0 Å². The zero-order valence-electron chi connectivity index (χ0n) is 10.8. The van der Waals surface area contributed by atoms with E-state index in [1.165, 1.54) is 23.5 Å². The van der Waals surface area contributed by atoms with Crippen molar-refractivity contribution in [3.8, 4) is 0 Å². The number of allylic oxidation sites excluding steroid dienone is 1. The Bertz CT molecular complexity index is 434. The summed E-state index contributed by atoms with van der Waals surface area (Å²) in [6, 6.07) is 21.6. The highest BCUT2D eigenvalue weighted by molar-refractivity contribution is 7.75. The lowest BCUT2D eigenvalue weighted by atomic mass is 10.3. The summed E-state index contributed by atoms with van der Waals surface area (Å²) in [5.41, 5.74) is 0. The number of unbranched alkanes of at least 4 members (excludes halogenated alkanes) is 1. The fourth-order valence-corrected chi connectivity index (χ4v) is 3.83. The van der Waals surface area contributed by atoms with Gasteiger partial charge in [-0.15, -0.1) is 0 Å². The van der Waals surface area contributed by atoms with Crippen LogP contribution in [0.25, 0.3) is 0 Å². The zero-order valence-corrected chi connectivity index (χ0v) is 11.7. The summed E-state index contributed by atoms with van der Waals surface area (Å²) in [4.78, 5) is 0. The van der Waals surface area contributed by atoms with Gasteiger partial charge >= 0.3 is 0 Å². The van der Waals surface area contributed by atoms with E-state index in [1.807, 2.05) is 0 Å². The van der Waals surface area contributed by atoms with Crippen LogP contribution in [0.4, 0.5) is 0 Å². The second-order valence-electron chi connectivity index (χ2n) is 4.21. The van der Waals surface area contributed by atoms with Crippen LogP contribution < -0.4 is 10.6 Å². The number of hydrogen-bond acceptors (Lipinski definition) is 0. The van der Waals surface area contributed by atoms with E-state index in [0.29, 0.717) is 0 Å². The van der Waals surface area contributed by atoms with Crippen molar-refractivity contribution in [3.63, 3.8) is 0 Å². The zero-order chi connectivity index (χ0) is 12.6. The monoisotopic (exact) mass is 254 g/mol. The molecule has 0 radical (unpaired) electrons. The standard InChI is InChI=1S/C17H19P/c1-2-3-10-15-18(16-11-6-4-7-12-16)17-13-8-5-9-14-17/h4-15H,2-3H2,1H3. The molecule has 0 heterocycles. The van der Waals surface area contributed by atoms with E-state index >= 15 is 0 Å². The van der Waals surface area contributed by atoms with Crippen LogP contribution in [0, 0.1) is 0 Å². The lowest BCUT2D eigenvalue weighted by molar-refractivity contribution is 0.960. The van der Waals surface area contributed by atoms with Crippen LogP contribution in [0.2, 0.25) is 0 Å². The molecular formula is C17H19P. The quantitative estimate of drug-likeness (QED) is 0.692. The fraction of sp³-hybridized carbons (Fsp3) is 0.176. The average Bonchev–Trinajstić information content (AvgIpc) is 2.46. The highest BCUT2D eigenvalue weighted by Crippen LogP contribution is 2.35. The van der Waals surface area contributed by atoms with Crippen LogP contribution in [0.15, 0.2) is 72.6 Å². The van der Waals surface area contributed by atoms with Crippen molar-refractivity contribution in [2.45, 2.75) is 19.8 Å². The van der Waals surface area contributed by atoms with Crippen LogP contribution in [0.5, 0.6) is 0 Å². The molecule has 0 nitrogen and oxygen atoms in total. The molecule has 0 spiro atoms. The van der Waals surface area contributed by atoms with Gasteiger partial charge in [-0.1, -0.05) is 85.9 Å². The van der Waals surface area contributed by atoms with Crippen LogP contribution in [0.1, 0.15) is 19.8 Å². The normalized spacial score (nSPS) is 11.2. The molecule has 0 saturated heterocycles. The molecular weight excluding hydrogens is 235 g/mol. The van der Waals surface area contributed by atoms with Crippen molar-refractivity contribution in [1.82, 2.24) is 0 Å². The summed E-state index contributed by atoms with van der Waals surface area (Å²) < 4.78 is 0. The Morgan fingerprint density at radius 2 is 1.33 bits per heavy atom. The van der Waals surface area contributed by atoms with Crippen LogP contribution in [0.3, 0.4) is 0 Å². The molecule has 0 aliphatic heterocycles. The molecule has 0 aliphatic carbocycles. The molecule has 0 saturated carbocycles. The summed E-state index contributed by atoms with van der Waals surface area (Å²) in [5.74, 6) is 2.39. The molecule has 1 heteroatoms. The lowest BCUT2D eigenvalue weighted by Gasteiger charge is -2.14. The minimum atomic E-state index is -0.343. The molecule has 2 rings (SSSR count). The van der Waals surface area contributed by atoms with E-state index < -0.39 is 0 Å². The number of hydrogen-bond donors (Lipinski definition) is 0. The second kappa shape index (κ2) is 7.13. The first-order chi connectivity index (χ1) is 8.92. The third kappa shape index (κ3) is 3.55.